The van der Waals surface area contributed by atoms with Gasteiger partial charge in [0.25, 0.3) is 0 Å². The number of hydrogen-bond donors (Lipinski definition) is 0. The van der Waals surface area contributed by atoms with Gasteiger partial charge in [-0.3, -0.25) is 0 Å². The van der Waals surface area contributed by atoms with Gasteiger partial charge in [0.15, 0.2) is 0 Å². The van der Waals surface area contributed by atoms with Crippen molar-refractivity contribution in [3.8, 4) is 12.3 Å². The van der Waals surface area contributed by atoms with Crippen LogP contribution >= 0.6 is 0 Å². The molecule has 0 saturated heterocycles. The van der Waals surface area contributed by atoms with Gasteiger partial charge in [0, 0.05) is 5.57 Å². The van der Waals surface area contributed by atoms with Crippen LogP contribution in [0, 0.1) is 12.3 Å². The van der Waals surface area contributed by atoms with E-state index in [0.717, 1.165) is 5.56 Å². The van der Waals surface area contributed by atoms with Gasteiger partial charge in [-0.1, -0.05) is 42.8 Å². The lowest BCUT2D eigenvalue weighted by molar-refractivity contribution is -0.136. The summed E-state index contributed by atoms with van der Waals surface area (Å²) in [7, 11) is 1.31. The molecule has 1 rings (SSSR count). The number of ether oxygens (including phenoxy) is 1. The summed E-state index contributed by atoms with van der Waals surface area (Å²) in [5, 5.41) is 0. The highest BCUT2D eigenvalue weighted by Gasteiger charge is 2.18. The van der Waals surface area contributed by atoms with Crippen molar-refractivity contribution in [2.45, 2.75) is 5.92 Å². The van der Waals surface area contributed by atoms with E-state index in [1.165, 1.54) is 7.11 Å². The Balaban J connectivity index is 2.97. The summed E-state index contributed by atoms with van der Waals surface area (Å²) in [6.07, 6.45) is 5.38. The Kier molecular flexibility index (Phi) is 3.70. The summed E-state index contributed by atoms with van der Waals surface area (Å²) in [5.41, 5.74) is 1.15. The molecule has 0 radical (unpaired) electrons. The van der Waals surface area contributed by atoms with E-state index in [-0.39, 0.29) is 5.57 Å². The first kappa shape index (κ1) is 11.1. The SMILES string of the molecule is C#C[C@H](C(=C)C(=O)OC)c1ccccc1. The van der Waals surface area contributed by atoms with Crippen molar-refractivity contribution in [1.29, 1.82) is 0 Å². The van der Waals surface area contributed by atoms with E-state index in [1.807, 2.05) is 30.3 Å². The van der Waals surface area contributed by atoms with Crippen LogP contribution in [-0.4, -0.2) is 13.1 Å². The average molecular weight is 200 g/mol. The van der Waals surface area contributed by atoms with Gasteiger partial charge in [-0.25, -0.2) is 4.79 Å². The van der Waals surface area contributed by atoms with Crippen molar-refractivity contribution in [2.24, 2.45) is 0 Å². The fraction of sp³-hybridized carbons (Fsp3) is 0.154. The van der Waals surface area contributed by atoms with E-state index in [2.05, 4.69) is 17.2 Å². The molecule has 0 N–H and O–H groups in total. The maximum absolute atomic E-state index is 11.3. The molecule has 0 spiro atoms. The van der Waals surface area contributed by atoms with Crippen molar-refractivity contribution in [2.75, 3.05) is 7.11 Å². The van der Waals surface area contributed by atoms with Crippen LogP contribution in [0.2, 0.25) is 0 Å². The molecule has 15 heavy (non-hydrogen) atoms. The lowest BCUT2D eigenvalue weighted by Crippen LogP contribution is -2.11. The molecule has 2 nitrogen and oxygen atoms in total. The van der Waals surface area contributed by atoms with Gasteiger partial charge in [0.2, 0.25) is 0 Å². The van der Waals surface area contributed by atoms with Crippen LogP contribution in [-0.2, 0) is 9.53 Å². The number of methoxy groups -OCH3 is 1. The zero-order valence-corrected chi connectivity index (χ0v) is 8.57. The van der Waals surface area contributed by atoms with Crippen LogP contribution < -0.4 is 0 Å². The summed E-state index contributed by atoms with van der Waals surface area (Å²) < 4.78 is 4.58. The van der Waals surface area contributed by atoms with Gasteiger partial charge in [-0.15, -0.1) is 6.42 Å². The van der Waals surface area contributed by atoms with Crippen LogP contribution in [0.4, 0.5) is 0 Å². The topological polar surface area (TPSA) is 26.3 Å². The van der Waals surface area contributed by atoms with Crippen molar-refractivity contribution in [3.63, 3.8) is 0 Å². The van der Waals surface area contributed by atoms with E-state index in [1.54, 1.807) is 0 Å². The number of rotatable bonds is 3. The highest BCUT2D eigenvalue weighted by atomic mass is 16.5. The molecule has 0 aliphatic rings. The minimum Gasteiger partial charge on any atom is -0.466 e. The van der Waals surface area contributed by atoms with Crippen LogP contribution in [0.5, 0.6) is 0 Å². The van der Waals surface area contributed by atoms with Gasteiger partial charge >= 0.3 is 5.97 Å². The molecule has 1 aromatic carbocycles. The quantitative estimate of drug-likeness (QED) is 0.424. The van der Waals surface area contributed by atoms with Crippen LogP contribution in [0.25, 0.3) is 0 Å². The number of terminal acetylenes is 1. The minimum atomic E-state index is -0.471. The molecule has 76 valence electrons. The summed E-state index contributed by atoms with van der Waals surface area (Å²) in [6, 6.07) is 9.34. The Morgan fingerprint density at radius 1 is 1.47 bits per heavy atom. The van der Waals surface area contributed by atoms with Crippen molar-refractivity contribution in [1.82, 2.24) is 0 Å². The Morgan fingerprint density at radius 2 is 2.07 bits per heavy atom. The summed E-state index contributed by atoms with van der Waals surface area (Å²) in [6.45, 7) is 3.66. The molecule has 0 amide bonds. The molecule has 0 unspecified atom stereocenters. The number of carbonyl (C=O) groups is 1. The standard InChI is InChI=1S/C13H12O2/c1-4-12(10(2)13(14)15-3)11-8-6-5-7-9-11/h1,5-9,12H,2H2,3H3/t12-/m1/s1. The molecule has 0 heterocycles. The molecule has 1 atom stereocenters. The van der Waals surface area contributed by atoms with Crippen LogP contribution in [0.3, 0.4) is 0 Å². The van der Waals surface area contributed by atoms with Gasteiger partial charge in [0.05, 0.1) is 13.0 Å². The number of carbonyl (C=O) groups excluding carboxylic acids is 1. The van der Waals surface area contributed by atoms with Gasteiger partial charge in [0.1, 0.15) is 0 Å². The third-order valence-electron chi connectivity index (χ3n) is 2.10. The molecule has 0 saturated carbocycles. The van der Waals surface area contributed by atoms with Gasteiger partial charge < -0.3 is 4.74 Å². The van der Waals surface area contributed by atoms with Crippen molar-refractivity contribution >= 4 is 5.97 Å². The second-order valence-corrected chi connectivity index (χ2v) is 3.03. The zero-order valence-electron chi connectivity index (χ0n) is 8.57. The normalized spacial score (nSPS) is 11.2. The summed E-state index contributed by atoms with van der Waals surface area (Å²) in [5.74, 6) is 1.64. The molecule has 2 heteroatoms. The van der Waals surface area contributed by atoms with E-state index in [9.17, 15) is 4.79 Å². The van der Waals surface area contributed by atoms with Crippen LogP contribution in [0.15, 0.2) is 42.5 Å². The molecule has 1 aromatic rings. The fourth-order valence-electron chi connectivity index (χ4n) is 1.29. The van der Waals surface area contributed by atoms with E-state index in [4.69, 9.17) is 6.42 Å². The molecule has 0 aromatic heterocycles. The fourth-order valence-corrected chi connectivity index (χ4v) is 1.29. The van der Waals surface area contributed by atoms with Crippen molar-refractivity contribution < 1.29 is 9.53 Å². The molecule has 0 aliphatic carbocycles. The largest absolute Gasteiger partial charge is 0.466 e. The first-order valence-corrected chi connectivity index (χ1v) is 4.49. The summed E-state index contributed by atoms with van der Waals surface area (Å²) in [4.78, 5) is 11.3. The Labute approximate surface area is 89.6 Å². The molecule has 0 fully saturated rings. The first-order valence-electron chi connectivity index (χ1n) is 4.49. The highest BCUT2D eigenvalue weighted by Crippen LogP contribution is 2.22. The molecule has 0 aliphatic heterocycles. The highest BCUT2D eigenvalue weighted by molar-refractivity contribution is 5.90. The monoisotopic (exact) mass is 200 g/mol. The molecular weight excluding hydrogens is 188 g/mol. The zero-order chi connectivity index (χ0) is 11.3. The number of hydrogen-bond acceptors (Lipinski definition) is 2. The van der Waals surface area contributed by atoms with E-state index < -0.39 is 11.9 Å². The van der Waals surface area contributed by atoms with Crippen LogP contribution in [0.1, 0.15) is 11.5 Å². The third kappa shape index (κ3) is 2.47. The summed E-state index contributed by atoms with van der Waals surface area (Å²) >= 11 is 0. The molecular formula is C13H12O2. The number of esters is 1. The van der Waals surface area contributed by atoms with Crippen molar-refractivity contribution in [3.05, 3.63) is 48.0 Å². The average Bonchev–Trinajstić information content (AvgIpc) is 2.30. The lowest BCUT2D eigenvalue weighted by Gasteiger charge is -2.11. The van der Waals surface area contributed by atoms with E-state index in [0.29, 0.717) is 0 Å². The number of benzene rings is 1. The first-order chi connectivity index (χ1) is 7.20. The third-order valence-corrected chi connectivity index (χ3v) is 2.10. The molecule has 0 bridgehead atoms. The van der Waals surface area contributed by atoms with Gasteiger partial charge in [-0.05, 0) is 5.56 Å². The maximum atomic E-state index is 11.3. The predicted octanol–water partition coefficient (Wildman–Crippen LogP) is 2.13. The second-order valence-electron chi connectivity index (χ2n) is 3.03. The Bertz CT molecular complexity index is 398. The Hall–Kier alpha value is -2.01. The van der Waals surface area contributed by atoms with Gasteiger partial charge in [-0.2, -0.15) is 0 Å². The van der Waals surface area contributed by atoms with E-state index >= 15 is 0 Å². The Morgan fingerprint density at radius 3 is 2.53 bits per heavy atom. The lowest BCUT2D eigenvalue weighted by atomic mass is 9.93. The maximum Gasteiger partial charge on any atom is 0.334 e. The predicted molar refractivity (Wildman–Crippen MR) is 59.2 cm³/mol. The minimum absolute atomic E-state index is 0.284. The smallest absolute Gasteiger partial charge is 0.334 e. The second kappa shape index (κ2) is 5.02.